The second-order valence-corrected chi connectivity index (χ2v) is 10.6. The molecule has 1 aromatic rings. The normalized spacial score (nSPS) is 31.0. The van der Waals surface area contributed by atoms with Crippen LogP contribution in [0.3, 0.4) is 0 Å². The summed E-state index contributed by atoms with van der Waals surface area (Å²) in [4.78, 5) is 24.3. The highest BCUT2D eigenvalue weighted by Gasteiger charge is 2.68. The average Bonchev–Trinajstić information content (AvgIpc) is 3.09. The van der Waals surface area contributed by atoms with Gasteiger partial charge in [-0.3, -0.25) is 4.79 Å². The van der Waals surface area contributed by atoms with Crippen molar-refractivity contribution in [2.75, 3.05) is 7.11 Å². The lowest BCUT2D eigenvalue weighted by Gasteiger charge is -2.64. The van der Waals surface area contributed by atoms with Gasteiger partial charge < -0.3 is 24.5 Å². The maximum Gasteiger partial charge on any atom is 0.482 e. The molecule has 1 aliphatic heterocycles. The molecule has 174 valence electrons. The SMILES string of the molecule is COc1c(CC(NC(=O)C(C)C)B2OC3CC4CC(C4(C)C)C3(C)O2)cccc1C(=O)O. The number of amides is 1. The zero-order valence-electron chi connectivity index (χ0n) is 19.8. The first-order valence-electron chi connectivity index (χ1n) is 11.5. The Morgan fingerprint density at radius 3 is 2.59 bits per heavy atom. The number of hydrogen-bond acceptors (Lipinski definition) is 5. The first-order chi connectivity index (χ1) is 15.0. The van der Waals surface area contributed by atoms with Crippen LogP contribution in [0.4, 0.5) is 0 Å². The maximum atomic E-state index is 12.7. The third-order valence-corrected chi connectivity index (χ3v) is 8.12. The Morgan fingerprint density at radius 2 is 2.00 bits per heavy atom. The number of hydrogen-bond donors (Lipinski definition) is 2. The second-order valence-electron chi connectivity index (χ2n) is 10.6. The highest BCUT2D eigenvalue weighted by atomic mass is 16.7. The minimum absolute atomic E-state index is 0.00465. The van der Waals surface area contributed by atoms with Gasteiger partial charge in [0.25, 0.3) is 0 Å². The summed E-state index contributed by atoms with van der Waals surface area (Å²) in [6.45, 7) is 10.4. The van der Waals surface area contributed by atoms with E-state index in [4.69, 9.17) is 14.0 Å². The smallest absolute Gasteiger partial charge is 0.482 e. The summed E-state index contributed by atoms with van der Waals surface area (Å²) in [5, 5.41) is 12.6. The lowest BCUT2D eigenvalue weighted by molar-refractivity contribution is -0.199. The number of ether oxygens (including phenoxy) is 1. The third-order valence-electron chi connectivity index (χ3n) is 8.12. The minimum Gasteiger partial charge on any atom is -0.496 e. The van der Waals surface area contributed by atoms with Crippen LogP contribution in [0.15, 0.2) is 18.2 Å². The zero-order chi connectivity index (χ0) is 23.4. The van der Waals surface area contributed by atoms with Crippen molar-refractivity contribution < 1.29 is 28.7 Å². The van der Waals surface area contributed by atoms with Crippen LogP contribution in [-0.2, 0) is 20.5 Å². The minimum atomic E-state index is -1.06. The molecular weight excluding hydrogens is 409 g/mol. The summed E-state index contributed by atoms with van der Waals surface area (Å²) < 4.78 is 18.5. The molecule has 1 aromatic carbocycles. The zero-order valence-corrected chi connectivity index (χ0v) is 19.8. The molecule has 5 atom stereocenters. The molecule has 0 radical (unpaired) electrons. The summed E-state index contributed by atoms with van der Waals surface area (Å²) in [7, 11) is 0.849. The summed E-state index contributed by atoms with van der Waals surface area (Å²) >= 11 is 0. The molecule has 3 aliphatic carbocycles. The van der Waals surface area contributed by atoms with Crippen molar-refractivity contribution in [3.05, 3.63) is 29.3 Å². The predicted molar refractivity (Wildman–Crippen MR) is 121 cm³/mol. The number of nitrogens with one attached hydrogen (secondary N) is 1. The molecule has 1 amide bonds. The van der Waals surface area contributed by atoms with Crippen LogP contribution in [-0.4, -0.2) is 48.9 Å². The topological polar surface area (TPSA) is 94.1 Å². The molecule has 2 bridgehead atoms. The van der Waals surface area contributed by atoms with Gasteiger partial charge in [0, 0.05) is 5.92 Å². The number of para-hydroxylation sites is 1. The molecule has 5 rings (SSSR count). The quantitative estimate of drug-likeness (QED) is 0.628. The fourth-order valence-electron chi connectivity index (χ4n) is 6.03. The molecule has 0 spiro atoms. The van der Waals surface area contributed by atoms with E-state index in [1.165, 1.54) is 13.2 Å². The summed E-state index contributed by atoms with van der Waals surface area (Å²) in [6.07, 6.45) is 2.44. The van der Waals surface area contributed by atoms with Gasteiger partial charge in [-0.05, 0) is 55.1 Å². The monoisotopic (exact) mass is 443 g/mol. The van der Waals surface area contributed by atoms with Crippen molar-refractivity contribution in [3.8, 4) is 5.75 Å². The number of rotatable bonds is 7. The largest absolute Gasteiger partial charge is 0.496 e. The molecule has 32 heavy (non-hydrogen) atoms. The molecular formula is C24H34BNO6. The standard InChI is InChI=1S/C24H34BNO6/c1-13(2)21(27)26-19(10-14-8-7-9-16(22(28)29)20(14)30-6)25-31-18-12-15-11-17(23(15,3)4)24(18,5)32-25/h7-9,13,15,17-19H,10-12H2,1-6H3,(H,26,27)(H,28,29). The van der Waals surface area contributed by atoms with E-state index in [2.05, 4.69) is 26.1 Å². The van der Waals surface area contributed by atoms with Crippen molar-refractivity contribution >= 4 is 19.0 Å². The van der Waals surface area contributed by atoms with Gasteiger partial charge in [0.2, 0.25) is 5.91 Å². The van der Waals surface area contributed by atoms with E-state index in [0.717, 1.165) is 12.8 Å². The number of carbonyl (C=O) groups excluding carboxylic acids is 1. The van der Waals surface area contributed by atoms with Gasteiger partial charge in [0.15, 0.2) is 0 Å². The van der Waals surface area contributed by atoms with Crippen LogP contribution in [0.5, 0.6) is 5.75 Å². The summed E-state index contributed by atoms with van der Waals surface area (Å²) in [6, 6.07) is 5.03. The first-order valence-corrected chi connectivity index (χ1v) is 11.5. The molecule has 3 saturated carbocycles. The maximum absolute atomic E-state index is 12.7. The van der Waals surface area contributed by atoms with Crippen molar-refractivity contribution in [2.24, 2.45) is 23.2 Å². The number of methoxy groups -OCH3 is 1. The van der Waals surface area contributed by atoms with E-state index < -0.39 is 24.6 Å². The van der Waals surface area contributed by atoms with E-state index in [1.807, 2.05) is 19.9 Å². The lowest BCUT2D eigenvalue weighted by Crippen LogP contribution is -2.65. The molecule has 1 saturated heterocycles. The molecule has 4 aliphatic rings. The van der Waals surface area contributed by atoms with E-state index in [-0.39, 0.29) is 28.9 Å². The van der Waals surface area contributed by atoms with Gasteiger partial charge >= 0.3 is 13.1 Å². The Kier molecular flexibility index (Phi) is 5.82. The fraction of sp³-hybridized carbons (Fsp3) is 0.667. The van der Waals surface area contributed by atoms with Crippen LogP contribution in [0, 0.1) is 23.2 Å². The molecule has 8 heteroatoms. The lowest BCUT2D eigenvalue weighted by atomic mass is 9.43. The Bertz CT molecular complexity index is 918. The van der Waals surface area contributed by atoms with Crippen LogP contribution >= 0.6 is 0 Å². The van der Waals surface area contributed by atoms with Crippen molar-refractivity contribution in [1.29, 1.82) is 0 Å². The van der Waals surface area contributed by atoms with Gasteiger partial charge in [-0.25, -0.2) is 4.79 Å². The van der Waals surface area contributed by atoms with E-state index >= 15 is 0 Å². The molecule has 4 fully saturated rings. The summed E-state index contributed by atoms with van der Waals surface area (Å²) in [5.41, 5.74) is 0.615. The van der Waals surface area contributed by atoms with Crippen LogP contribution < -0.4 is 10.1 Å². The van der Waals surface area contributed by atoms with Crippen molar-refractivity contribution in [1.82, 2.24) is 5.32 Å². The highest BCUT2D eigenvalue weighted by molar-refractivity contribution is 6.48. The molecule has 5 unspecified atom stereocenters. The number of benzene rings is 1. The highest BCUT2D eigenvalue weighted by Crippen LogP contribution is 2.65. The molecule has 1 heterocycles. The van der Waals surface area contributed by atoms with Crippen molar-refractivity contribution in [3.63, 3.8) is 0 Å². The summed E-state index contributed by atoms with van der Waals surface area (Å²) in [5.74, 6) is -0.477. The van der Waals surface area contributed by atoms with Crippen LogP contribution in [0.2, 0.25) is 0 Å². The predicted octanol–water partition coefficient (Wildman–Crippen LogP) is 3.34. The molecule has 2 N–H and O–H groups in total. The Hall–Kier alpha value is -2.06. The molecule has 7 nitrogen and oxygen atoms in total. The Morgan fingerprint density at radius 1 is 1.28 bits per heavy atom. The first kappa shape index (κ1) is 23.1. The number of carbonyl (C=O) groups is 2. The molecule has 0 aromatic heterocycles. The number of carboxylic acids is 1. The van der Waals surface area contributed by atoms with Crippen LogP contribution in [0.1, 0.15) is 63.4 Å². The average molecular weight is 443 g/mol. The van der Waals surface area contributed by atoms with E-state index in [1.54, 1.807) is 6.07 Å². The van der Waals surface area contributed by atoms with Gasteiger partial charge in [0.1, 0.15) is 11.3 Å². The Balaban J connectivity index is 1.62. The number of aromatic carboxylic acids is 1. The van der Waals surface area contributed by atoms with Crippen molar-refractivity contribution in [2.45, 2.75) is 71.5 Å². The second kappa shape index (κ2) is 8.06. The van der Waals surface area contributed by atoms with Gasteiger partial charge in [-0.1, -0.05) is 39.8 Å². The van der Waals surface area contributed by atoms with Gasteiger partial charge in [-0.2, -0.15) is 0 Å². The van der Waals surface area contributed by atoms with Crippen LogP contribution in [0.25, 0.3) is 0 Å². The number of carboxylic acid groups (broad SMARTS) is 1. The Labute approximate surface area is 190 Å². The van der Waals surface area contributed by atoms with E-state index in [0.29, 0.717) is 29.6 Å². The van der Waals surface area contributed by atoms with Gasteiger partial charge in [0.05, 0.1) is 24.8 Å². The third kappa shape index (κ3) is 3.61. The van der Waals surface area contributed by atoms with Gasteiger partial charge in [-0.15, -0.1) is 0 Å². The fourth-order valence-corrected chi connectivity index (χ4v) is 6.03. The van der Waals surface area contributed by atoms with E-state index in [9.17, 15) is 14.7 Å².